The molecule has 0 bridgehead atoms. The van der Waals surface area contributed by atoms with Crippen LogP contribution in [0.3, 0.4) is 0 Å². The number of benzene rings is 1. The minimum atomic E-state index is -0.570. The highest BCUT2D eigenvalue weighted by molar-refractivity contribution is 7.20. The van der Waals surface area contributed by atoms with Gasteiger partial charge in [0.2, 0.25) is 5.91 Å². The van der Waals surface area contributed by atoms with E-state index in [0.29, 0.717) is 36.7 Å². The van der Waals surface area contributed by atoms with Crippen molar-refractivity contribution < 1.29 is 19.1 Å². The number of amides is 3. The van der Waals surface area contributed by atoms with Crippen molar-refractivity contribution in [2.75, 3.05) is 20.1 Å². The third-order valence-electron chi connectivity index (χ3n) is 6.24. The van der Waals surface area contributed by atoms with E-state index in [1.165, 1.54) is 35.5 Å². The van der Waals surface area contributed by atoms with Gasteiger partial charge >= 0.3 is 6.09 Å². The number of carbonyl (C=O) groups is 3. The lowest BCUT2D eigenvalue weighted by atomic mass is 9.84. The molecule has 1 aliphatic carbocycles. The van der Waals surface area contributed by atoms with E-state index in [9.17, 15) is 14.4 Å². The van der Waals surface area contributed by atoms with Gasteiger partial charge in [0.1, 0.15) is 11.6 Å². The summed E-state index contributed by atoms with van der Waals surface area (Å²) in [6.45, 7) is 6.39. The Balaban J connectivity index is 1.55. The van der Waals surface area contributed by atoms with Crippen LogP contribution < -0.4 is 10.6 Å². The molecule has 3 rings (SSSR count). The maximum atomic E-state index is 13.1. The highest BCUT2D eigenvalue weighted by Gasteiger charge is 2.27. The first-order valence-corrected chi connectivity index (χ1v) is 13.5. The Morgan fingerprint density at radius 2 is 1.86 bits per heavy atom. The molecule has 1 fully saturated rings. The molecule has 1 saturated carbocycles. The summed E-state index contributed by atoms with van der Waals surface area (Å²) >= 11 is 1.44. The second-order valence-corrected chi connectivity index (χ2v) is 11.5. The fraction of sp³-hybridized carbons (Fsp3) is 0.593. The van der Waals surface area contributed by atoms with Crippen LogP contribution in [0.1, 0.15) is 75.4 Å². The molecular weight excluding hydrogens is 462 g/mol. The second kappa shape index (κ2) is 12.4. The Morgan fingerprint density at radius 1 is 1.14 bits per heavy atom. The molecule has 8 heteroatoms. The zero-order valence-electron chi connectivity index (χ0n) is 21.4. The molecule has 2 N–H and O–H groups in total. The fourth-order valence-corrected chi connectivity index (χ4v) is 5.36. The van der Waals surface area contributed by atoms with Crippen molar-refractivity contribution in [3.63, 3.8) is 0 Å². The standard InChI is InChI=1S/C27H39N3O4S/c1-27(2,3)34-26(33)30(4)16-10-15-28-24(31)21(17-19-11-6-5-7-12-19)29-25(32)23-18-20-13-8-9-14-22(20)35-23/h8-9,13-14,18-19,21H,5-7,10-12,15-17H2,1-4H3,(H,28,31)(H,29,32)/t21-/m0/s1. The van der Waals surface area contributed by atoms with Crippen molar-refractivity contribution in [3.8, 4) is 0 Å². The van der Waals surface area contributed by atoms with E-state index < -0.39 is 11.6 Å². The van der Waals surface area contributed by atoms with Gasteiger partial charge in [0.05, 0.1) is 4.88 Å². The topological polar surface area (TPSA) is 87.7 Å². The Labute approximate surface area is 212 Å². The summed E-state index contributed by atoms with van der Waals surface area (Å²) in [4.78, 5) is 40.4. The zero-order valence-corrected chi connectivity index (χ0v) is 22.2. The van der Waals surface area contributed by atoms with Crippen molar-refractivity contribution in [2.45, 2.75) is 77.4 Å². The molecule has 0 aliphatic heterocycles. The third-order valence-corrected chi connectivity index (χ3v) is 7.35. The minimum absolute atomic E-state index is 0.162. The summed E-state index contributed by atoms with van der Waals surface area (Å²) in [7, 11) is 1.69. The average Bonchev–Trinajstić information content (AvgIpc) is 3.25. The van der Waals surface area contributed by atoms with E-state index in [1.54, 1.807) is 7.05 Å². The first kappa shape index (κ1) is 27.0. The summed E-state index contributed by atoms with van der Waals surface area (Å²) in [5.41, 5.74) is -0.543. The van der Waals surface area contributed by atoms with Gasteiger partial charge < -0.3 is 20.3 Å². The zero-order chi connectivity index (χ0) is 25.4. The Hall–Kier alpha value is -2.61. The second-order valence-electron chi connectivity index (χ2n) is 10.5. The van der Waals surface area contributed by atoms with E-state index in [1.807, 2.05) is 51.1 Å². The van der Waals surface area contributed by atoms with Crippen LogP contribution in [-0.2, 0) is 9.53 Å². The van der Waals surface area contributed by atoms with E-state index >= 15 is 0 Å². The summed E-state index contributed by atoms with van der Waals surface area (Å²) in [6, 6.07) is 9.22. The number of nitrogens with one attached hydrogen (secondary N) is 2. The average molecular weight is 502 g/mol. The Morgan fingerprint density at radius 3 is 2.54 bits per heavy atom. The van der Waals surface area contributed by atoms with Crippen LogP contribution >= 0.6 is 11.3 Å². The molecule has 0 spiro atoms. The molecule has 1 atom stereocenters. The molecule has 1 aromatic carbocycles. The number of ether oxygens (including phenoxy) is 1. The van der Waals surface area contributed by atoms with Crippen LogP contribution in [0, 0.1) is 5.92 Å². The molecule has 1 aromatic heterocycles. The maximum absolute atomic E-state index is 13.1. The number of carbonyl (C=O) groups excluding carboxylic acids is 3. The fourth-order valence-electron chi connectivity index (χ4n) is 4.39. The molecule has 35 heavy (non-hydrogen) atoms. The predicted octanol–water partition coefficient (Wildman–Crippen LogP) is 5.34. The van der Waals surface area contributed by atoms with Gasteiger partial charge in [-0.25, -0.2) is 4.79 Å². The largest absolute Gasteiger partial charge is 0.444 e. The van der Waals surface area contributed by atoms with Gasteiger partial charge in [-0.3, -0.25) is 9.59 Å². The summed E-state index contributed by atoms with van der Waals surface area (Å²) in [5.74, 6) is 0.0808. The monoisotopic (exact) mass is 501 g/mol. The lowest BCUT2D eigenvalue weighted by Crippen LogP contribution is -2.48. The molecule has 2 aromatic rings. The number of hydrogen-bond acceptors (Lipinski definition) is 5. The predicted molar refractivity (Wildman–Crippen MR) is 141 cm³/mol. The Kier molecular flexibility index (Phi) is 9.55. The van der Waals surface area contributed by atoms with Gasteiger partial charge in [-0.15, -0.1) is 11.3 Å². The van der Waals surface area contributed by atoms with Crippen molar-refractivity contribution in [2.24, 2.45) is 5.92 Å². The summed E-state index contributed by atoms with van der Waals surface area (Å²) < 4.78 is 6.42. The molecule has 1 heterocycles. The smallest absolute Gasteiger partial charge is 0.410 e. The lowest BCUT2D eigenvalue weighted by Gasteiger charge is -2.27. The number of hydrogen-bond donors (Lipinski definition) is 2. The highest BCUT2D eigenvalue weighted by Crippen LogP contribution is 2.28. The summed E-state index contributed by atoms with van der Waals surface area (Å²) in [6.07, 6.45) is 6.68. The van der Waals surface area contributed by atoms with Gasteiger partial charge in [0.15, 0.2) is 0 Å². The van der Waals surface area contributed by atoms with E-state index in [4.69, 9.17) is 4.74 Å². The third kappa shape index (κ3) is 8.53. The number of fused-ring (bicyclic) bond motifs is 1. The van der Waals surface area contributed by atoms with E-state index in [0.717, 1.165) is 22.9 Å². The summed E-state index contributed by atoms with van der Waals surface area (Å²) in [5, 5.41) is 7.01. The molecule has 0 radical (unpaired) electrons. The van der Waals surface area contributed by atoms with Gasteiger partial charge in [-0.2, -0.15) is 0 Å². The first-order chi connectivity index (χ1) is 16.6. The van der Waals surface area contributed by atoms with Crippen LogP contribution in [0.15, 0.2) is 30.3 Å². The SMILES string of the molecule is CN(CCCNC(=O)[C@H](CC1CCCCC1)NC(=O)c1cc2ccccc2s1)C(=O)OC(C)(C)C. The maximum Gasteiger partial charge on any atom is 0.410 e. The van der Waals surface area contributed by atoms with Crippen molar-refractivity contribution >= 4 is 39.3 Å². The Bertz CT molecular complexity index is 974. The quantitative estimate of drug-likeness (QED) is 0.454. The molecule has 3 amide bonds. The van der Waals surface area contributed by atoms with Crippen molar-refractivity contribution in [3.05, 3.63) is 35.2 Å². The lowest BCUT2D eigenvalue weighted by molar-refractivity contribution is -0.123. The molecular formula is C27H39N3O4S. The van der Waals surface area contributed by atoms with E-state index in [2.05, 4.69) is 10.6 Å². The van der Waals surface area contributed by atoms with Crippen LogP contribution in [-0.4, -0.2) is 54.6 Å². The number of rotatable bonds is 9. The molecule has 0 saturated heterocycles. The van der Waals surface area contributed by atoms with Gasteiger partial charge in [0.25, 0.3) is 5.91 Å². The van der Waals surface area contributed by atoms with Gasteiger partial charge in [-0.05, 0) is 57.0 Å². The van der Waals surface area contributed by atoms with Crippen LogP contribution in [0.2, 0.25) is 0 Å². The van der Waals surface area contributed by atoms with Crippen molar-refractivity contribution in [1.82, 2.24) is 15.5 Å². The van der Waals surface area contributed by atoms with Gasteiger partial charge in [-0.1, -0.05) is 50.3 Å². The molecule has 192 valence electrons. The van der Waals surface area contributed by atoms with Gasteiger partial charge in [0, 0.05) is 24.8 Å². The van der Waals surface area contributed by atoms with Crippen LogP contribution in [0.5, 0.6) is 0 Å². The number of nitrogens with zero attached hydrogens (tertiary/aromatic N) is 1. The molecule has 7 nitrogen and oxygen atoms in total. The van der Waals surface area contributed by atoms with Crippen molar-refractivity contribution in [1.29, 1.82) is 0 Å². The minimum Gasteiger partial charge on any atom is -0.444 e. The van der Waals surface area contributed by atoms with E-state index in [-0.39, 0.29) is 17.9 Å². The normalized spacial score (nSPS) is 15.4. The van der Waals surface area contributed by atoms with Crippen LogP contribution in [0.4, 0.5) is 4.79 Å². The van der Waals surface area contributed by atoms with Crippen LogP contribution in [0.25, 0.3) is 10.1 Å². The molecule has 1 aliphatic rings. The number of thiophene rings is 1. The first-order valence-electron chi connectivity index (χ1n) is 12.6. The molecule has 0 unspecified atom stereocenters. The highest BCUT2D eigenvalue weighted by atomic mass is 32.1.